The van der Waals surface area contributed by atoms with E-state index in [1.165, 1.54) is 4.31 Å². The topological polar surface area (TPSA) is 127 Å². The van der Waals surface area contributed by atoms with Gasteiger partial charge in [0.2, 0.25) is 16.0 Å². The lowest BCUT2D eigenvalue weighted by molar-refractivity contribution is -0.142. The number of hydrogen-bond donors (Lipinski definition) is 1. The third kappa shape index (κ3) is 5.37. The number of piperazine rings is 1. The summed E-state index contributed by atoms with van der Waals surface area (Å²) >= 11 is 0. The van der Waals surface area contributed by atoms with Crippen molar-refractivity contribution in [1.29, 1.82) is 5.26 Å². The minimum Gasteiger partial charge on any atom is -0.481 e. The number of carboxylic acids is 1. The van der Waals surface area contributed by atoms with Crippen molar-refractivity contribution in [2.24, 2.45) is 11.8 Å². The van der Waals surface area contributed by atoms with Gasteiger partial charge in [-0.3, -0.25) is 4.79 Å². The molecule has 2 heterocycles. The van der Waals surface area contributed by atoms with Crippen LogP contribution in [0.2, 0.25) is 0 Å². The lowest BCUT2D eigenvalue weighted by atomic mass is 9.98. The van der Waals surface area contributed by atoms with Crippen LogP contribution in [0.5, 0.6) is 0 Å². The maximum Gasteiger partial charge on any atom is 0.307 e. The van der Waals surface area contributed by atoms with Gasteiger partial charge in [0.25, 0.3) is 0 Å². The molecule has 2 aromatic rings. The normalized spacial score (nSPS) is 16.1. The number of carboxylic acid groups (broad SMARTS) is 1. The Kier molecular flexibility index (Phi) is 6.87. The van der Waals surface area contributed by atoms with E-state index >= 15 is 0 Å². The van der Waals surface area contributed by atoms with Gasteiger partial charge in [0, 0.05) is 44.1 Å². The number of carbonyl (C=O) groups is 1. The molecule has 0 aliphatic carbocycles. The van der Waals surface area contributed by atoms with Crippen LogP contribution in [0.1, 0.15) is 19.4 Å². The number of nitrogens with zero attached hydrogens (tertiary/aromatic N) is 5. The minimum atomic E-state index is -3.66. The molecule has 0 spiro atoms. The summed E-state index contributed by atoms with van der Waals surface area (Å²) in [6.07, 6.45) is 3.40. The predicted octanol–water partition coefficient (Wildman–Crippen LogP) is 1.82. The first-order chi connectivity index (χ1) is 14.7. The van der Waals surface area contributed by atoms with Crippen molar-refractivity contribution >= 4 is 21.9 Å². The van der Waals surface area contributed by atoms with Crippen molar-refractivity contribution < 1.29 is 18.3 Å². The fraction of sp³-hybridized carbons (Fsp3) is 0.429. The van der Waals surface area contributed by atoms with Gasteiger partial charge in [0.1, 0.15) is 0 Å². The summed E-state index contributed by atoms with van der Waals surface area (Å²) < 4.78 is 26.7. The van der Waals surface area contributed by atoms with Gasteiger partial charge < -0.3 is 10.0 Å². The highest BCUT2D eigenvalue weighted by Crippen LogP contribution is 2.22. The molecule has 1 saturated heterocycles. The van der Waals surface area contributed by atoms with E-state index in [-0.39, 0.29) is 19.0 Å². The zero-order valence-electron chi connectivity index (χ0n) is 17.5. The smallest absolute Gasteiger partial charge is 0.307 e. The van der Waals surface area contributed by atoms with Crippen molar-refractivity contribution in [2.75, 3.05) is 36.8 Å². The van der Waals surface area contributed by atoms with Crippen molar-refractivity contribution in [2.45, 2.75) is 13.8 Å². The van der Waals surface area contributed by atoms with Crippen LogP contribution in [0.15, 0.2) is 36.7 Å². The highest BCUT2D eigenvalue weighted by Gasteiger charge is 2.34. The molecule has 1 aliphatic heterocycles. The van der Waals surface area contributed by atoms with Crippen LogP contribution in [0.25, 0.3) is 11.1 Å². The summed E-state index contributed by atoms with van der Waals surface area (Å²) in [6, 6.07) is 9.22. The molecule has 1 aromatic carbocycles. The Labute approximate surface area is 182 Å². The Morgan fingerprint density at radius 1 is 1.10 bits per heavy atom. The van der Waals surface area contributed by atoms with E-state index in [1.54, 1.807) is 38.4 Å². The first-order valence-electron chi connectivity index (χ1n) is 9.99. The van der Waals surface area contributed by atoms with Gasteiger partial charge in [-0.2, -0.15) is 9.57 Å². The number of anilines is 1. The molecule has 164 valence electrons. The average molecular weight is 444 g/mol. The number of nitriles is 1. The van der Waals surface area contributed by atoms with E-state index in [0.717, 1.165) is 11.1 Å². The molecule has 1 aromatic heterocycles. The van der Waals surface area contributed by atoms with E-state index in [1.807, 2.05) is 17.0 Å². The molecule has 0 unspecified atom stereocenters. The Morgan fingerprint density at radius 2 is 1.68 bits per heavy atom. The molecule has 1 N–H and O–H groups in total. The van der Waals surface area contributed by atoms with E-state index in [0.29, 0.717) is 24.6 Å². The van der Waals surface area contributed by atoms with Crippen LogP contribution in [-0.2, 0) is 14.8 Å². The van der Waals surface area contributed by atoms with Crippen molar-refractivity contribution in [3.8, 4) is 17.2 Å². The van der Waals surface area contributed by atoms with Crippen LogP contribution >= 0.6 is 0 Å². The lowest BCUT2D eigenvalue weighted by Gasteiger charge is -2.34. The third-order valence-electron chi connectivity index (χ3n) is 5.41. The second-order valence-electron chi connectivity index (χ2n) is 7.81. The largest absolute Gasteiger partial charge is 0.481 e. The lowest BCUT2D eigenvalue weighted by Crippen LogP contribution is -2.50. The Hall–Kier alpha value is -3.03. The summed E-state index contributed by atoms with van der Waals surface area (Å²) in [4.78, 5) is 22.1. The van der Waals surface area contributed by atoms with E-state index in [9.17, 15) is 18.3 Å². The van der Waals surface area contributed by atoms with Gasteiger partial charge in [-0.15, -0.1) is 0 Å². The van der Waals surface area contributed by atoms with Crippen LogP contribution in [0, 0.1) is 23.2 Å². The fourth-order valence-corrected chi connectivity index (χ4v) is 5.33. The van der Waals surface area contributed by atoms with Gasteiger partial charge in [0.05, 0.1) is 23.3 Å². The number of aliphatic carboxylic acids is 1. The standard InChI is InChI=1S/C21H25N5O4S/c1-15(2)19(20(27)28)14-31(29,30)26-9-7-25(8-10-26)21-23-12-18(13-24-21)17-5-3-16(11-22)4-6-17/h3-6,12-13,15,19H,7-10,14H2,1-2H3,(H,27,28)/t19-/m1/s1. The number of benzene rings is 1. The second-order valence-corrected chi connectivity index (χ2v) is 9.83. The highest BCUT2D eigenvalue weighted by molar-refractivity contribution is 7.89. The molecular weight excluding hydrogens is 418 g/mol. The summed E-state index contributed by atoms with van der Waals surface area (Å²) in [5.74, 6) is -2.17. The fourth-order valence-electron chi connectivity index (χ4n) is 3.42. The van der Waals surface area contributed by atoms with Crippen molar-refractivity contribution in [3.05, 3.63) is 42.2 Å². The monoisotopic (exact) mass is 443 g/mol. The summed E-state index contributed by atoms with van der Waals surface area (Å²) in [7, 11) is -3.66. The van der Waals surface area contributed by atoms with E-state index in [4.69, 9.17) is 5.26 Å². The van der Waals surface area contributed by atoms with Crippen LogP contribution < -0.4 is 4.90 Å². The van der Waals surface area contributed by atoms with Gasteiger partial charge >= 0.3 is 5.97 Å². The Morgan fingerprint density at radius 3 is 2.16 bits per heavy atom. The third-order valence-corrected chi connectivity index (χ3v) is 7.34. The van der Waals surface area contributed by atoms with Gasteiger partial charge in [-0.1, -0.05) is 26.0 Å². The molecule has 0 bridgehead atoms. The molecule has 3 rings (SSSR count). The van der Waals surface area contributed by atoms with Crippen molar-refractivity contribution in [3.63, 3.8) is 0 Å². The van der Waals surface area contributed by atoms with Crippen LogP contribution in [0.3, 0.4) is 0 Å². The van der Waals surface area contributed by atoms with E-state index in [2.05, 4.69) is 16.0 Å². The van der Waals surface area contributed by atoms with Crippen LogP contribution in [0.4, 0.5) is 5.95 Å². The molecule has 1 aliphatic rings. The molecule has 0 radical (unpaired) electrons. The number of aromatic nitrogens is 2. The Bertz CT molecular complexity index is 1050. The average Bonchev–Trinajstić information content (AvgIpc) is 2.77. The Balaban J connectivity index is 1.62. The van der Waals surface area contributed by atoms with Gasteiger partial charge in [-0.05, 0) is 23.6 Å². The zero-order chi connectivity index (χ0) is 22.6. The second kappa shape index (κ2) is 9.41. The SMILES string of the molecule is CC(C)[C@@H](CS(=O)(=O)N1CCN(c2ncc(-c3ccc(C#N)cc3)cn2)CC1)C(=O)O. The molecule has 10 heteroatoms. The maximum atomic E-state index is 12.7. The van der Waals surface area contributed by atoms with Gasteiger partial charge in [-0.25, -0.2) is 18.4 Å². The summed E-state index contributed by atoms with van der Waals surface area (Å²) in [6.45, 7) is 4.79. The molecule has 1 fully saturated rings. The molecular formula is C21H25N5O4S. The summed E-state index contributed by atoms with van der Waals surface area (Å²) in [5, 5.41) is 18.2. The predicted molar refractivity (Wildman–Crippen MR) is 116 cm³/mol. The quantitative estimate of drug-likeness (QED) is 0.686. The maximum absolute atomic E-state index is 12.7. The number of rotatable bonds is 7. The van der Waals surface area contributed by atoms with Crippen molar-refractivity contribution in [1.82, 2.24) is 14.3 Å². The first kappa shape index (κ1) is 22.7. The first-order valence-corrected chi connectivity index (χ1v) is 11.6. The number of sulfonamides is 1. The van der Waals surface area contributed by atoms with E-state index < -0.39 is 27.7 Å². The zero-order valence-corrected chi connectivity index (χ0v) is 18.3. The summed E-state index contributed by atoms with van der Waals surface area (Å²) in [5.41, 5.74) is 2.31. The minimum absolute atomic E-state index is 0.257. The van der Waals surface area contributed by atoms with Crippen LogP contribution in [-0.4, -0.2) is 65.7 Å². The van der Waals surface area contributed by atoms with Gasteiger partial charge in [0.15, 0.2) is 0 Å². The molecule has 9 nitrogen and oxygen atoms in total. The molecule has 31 heavy (non-hydrogen) atoms. The molecule has 0 amide bonds. The highest BCUT2D eigenvalue weighted by atomic mass is 32.2. The molecule has 1 atom stereocenters. The molecule has 0 saturated carbocycles. The number of hydrogen-bond acceptors (Lipinski definition) is 7.